The van der Waals surface area contributed by atoms with E-state index in [1.54, 1.807) is 6.92 Å². The van der Waals surface area contributed by atoms with Crippen molar-refractivity contribution in [1.29, 1.82) is 0 Å². The highest BCUT2D eigenvalue weighted by molar-refractivity contribution is 5.95. The summed E-state index contributed by atoms with van der Waals surface area (Å²) in [5, 5.41) is 14.7. The molecule has 3 N–H and O–H groups in total. The van der Waals surface area contributed by atoms with Crippen molar-refractivity contribution in [2.45, 2.75) is 39.3 Å². The molecule has 1 aromatic rings. The molecule has 1 heterocycles. The number of pyridine rings is 1. The minimum absolute atomic E-state index is 0.0883. The van der Waals surface area contributed by atoms with E-state index in [2.05, 4.69) is 15.6 Å². The molecule has 0 radical (unpaired) electrons. The monoisotopic (exact) mass is 265 g/mol. The molecule has 6 heteroatoms. The lowest BCUT2D eigenvalue weighted by Crippen LogP contribution is -2.47. The summed E-state index contributed by atoms with van der Waals surface area (Å²) in [6, 6.07) is 0.834. The zero-order valence-electron chi connectivity index (χ0n) is 11.5. The number of hydrogen-bond donors (Lipinski definition) is 3. The number of rotatable bonds is 4. The average molecular weight is 265 g/mol. The van der Waals surface area contributed by atoms with Crippen molar-refractivity contribution in [3.63, 3.8) is 0 Å². The zero-order valence-corrected chi connectivity index (χ0v) is 11.5. The van der Waals surface area contributed by atoms with Crippen LogP contribution in [0.3, 0.4) is 0 Å². The fraction of sp³-hybridized carbons (Fsp3) is 0.462. The fourth-order valence-corrected chi connectivity index (χ4v) is 1.47. The third-order valence-corrected chi connectivity index (χ3v) is 2.31. The Kier molecular flexibility index (Phi) is 4.47. The lowest BCUT2D eigenvalue weighted by atomic mass is 10.1. The van der Waals surface area contributed by atoms with Gasteiger partial charge >= 0.3 is 5.97 Å². The predicted molar refractivity (Wildman–Crippen MR) is 72.2 cm³/mol. The number of hydrogen-bond acceptors (Lipinski definition) is 4. The van der Waals surface area contributed by atoms with Gasteiger partial charge in [-0.05, 0) is 33.8 Å². The number of aromatic nitrogens is 1. The summed E-state index contributed by atoms with van der Waals surface area (Å²) >= 11 is 0. The van der Waals surface area contributed by atoms with Gasteiger partial charge in [0.15, 0.2) is 0 Å². The fourth-order valence-electron chi connectivity index (χ4n) is 1.47. The van der Waals surface area contributed by atoms with Crippen LogP contribution in [0, 0.1) is 0 Å². The van der Waals surface area contributed by atoms with E-state index in [1.165, 1.54) is 18.5 Å². The normalized spacial score (nSPS) is 12.6. The maximum atomic E-state index is 11.9. The smallest absolute Gasteiger partial charge is 0.337 e. The van der Waals surface area contributed by atoms with E-state index in [1.807, 2.05) is 20.8 Å². The molecule has 19 heavy (non-hydrogen) atoms. The molecular weight excluding hydrogens is 246 g/mol. The van der Waals surface area contributed by atoms with Gasteiger partial charge in [-0.15, -0.1) is 0 Å². The van der Waals surface area contributed by atoms with Gasteiger partial charge in [0, 0.05) is 11.7 Å². The summed E-state index contributed by atoms with van der Waals surface area (Å²) < 4.78 is 0. The lowest BCUT2D eigenvalue weighted by Gasteiger charge is -2.24. The predicted octanol–water partition coefficient (Wildman–Crippen LogP) is 1.49. The first kappa shape index (κ1) is 14.9. The van der Waals surface area contributed by atoms with Crippen molar-refractivity contribution in [2.24, 2.45) is 0 Å². The summed E-state index contributed by atoms with van der Waals surface area (Å²) in [5.41, 5.74) is 0.0781. The van der Waals surface area contributed by atoms with Gasteiger partial charge in [0.05, 0.1) is 17.4 Å². The number of nitrogens with zero attached hydrogens (tertiary/aromatic N) is 1. The van der Waals surface area contributed by atoms with Crippen LogP contribution in [0.5, 0.6) is 0 Å². The van der Waals surface area contributed by atoms with Crippen LogP contribution in [0.1, 0.15) is 38.1 Å². The number of anilines is 1. The molecule has 1 rings (SSSR count). The van der Waals surface area contributed by atoms with Gasteiger partial charge < -0.3 is 15.7 Å². The second kappa shape index (κ2) is 5.69. The Morgan fingerprint density at radius 3 is 2.53 bits per heavy atom. The van der Waals surface area contributed by atoms with E-state index in [9.17, 15) is 9.59 Å². The Hall–Kier alpha value is -2.11. The molecule has 1 unspecified atom stereocenters. The number of carbonyl (C=O) groups is 2. The number of carboxylic acid groups (broad SMARTS) is 1. The zero-order chi connectivity index (χ0) is 14.6. The van der Waals surface area contributed by atoms with E-state index in [-0.39, 0.29) is 17.0 Å². The third kappa shape index (κ3) is 4.57. The van der Waals surface area contributed by atoms with Crippen LogP contribution in [0.25, 0.3) is 0 Å². The number of nitrogens with one attached hydrogen (secondary N) is 2. The Morgan fingerprint density at radius 1 is 1.37 bits per heavy atom. The van der Waals surface area contributed by atoms with Gasteiger partial charge in [-0.2, -0.15) is 0 Å². The number of carbonyl (C=O) groups excluding carboxylic acids is 1. The molecule has 0 spiro atoms. The van der Waals surface area contributed by atoms with E-state index in [0.717, 1.165) is 0 Å². The highest BCUT2D eigenvalue weighted by atomic mass is 16.4. The van der Waals surface area contributed by atoms with Crippen LogP contribution in [-0.4, -0.2) is 33.5 Å². The van der Waals surface area contributed by atoms with E-state index < -0.39 is 12.0 Å². The Morgan fingerprint density at radius 2 is 2.00 bits per heavy atom. The van der Waals surface area contributed by atoms with Gasteiger partial charge in [-0.25, -0.2) is 4.79 Å². The van der Waals surface area contributed by atoms with Crippen LogP contribution in [0.4, 0.5) is 5.69 Å². The summed E-state index contributed by atoms with van der Waals surface area (Å²) in [6.07, 6.45) is 2.79. The molecule has 0 saturated carbocycles. The number of carboxylic acids is 1. The first-order chi connectivity index (χ1) is 8.70. The van der Waals surface area contributed by atoms with Crippen molar-refractivity contribution in [2.75, 3.05) is 5.32 Å². The third-order valence-electron chi connectivity index (χ3n) is 2.31. The second-order valence-electron chi connectivity index (χ2n) is 5.33. The van der Waals surface area contributed by atoms with Gasteiger partial charge in [-0.1, -0.05) is 0 Å². The average Bonchev–Trinajstić information content (AvgIpc) is 2.27. The molecule has 0 fully saturated rings. The number of amides is 1. The molecule has 6 nitrogen and oxygen atoms in total. The quantitative estimate of drug-likeness (QED) is 0.767. The van der Waals surface area contributed by atoms with Gasteiger partial charge in [0.2, 0.25) is 5.91 Å². The van der Waals surface area contributed by atoms with Crippen molar-refractivity contribution < 1.29 is 14.7 Å². The molecule has 0 bridgehead atoms. The SMILES string of the molecule is CC(Nc1cnccc1C(=O)O)C(=O)NC(C)(C)C. The Labute approximate surface area is 112 Å². The highest BCUT2D eigenvalue weighted by Crippen LogP contribution is 2.14. The lowest BCUT2D eigenvalue weighted by molar-refractivity contribution is -0.122. The van der Waals surface area contributed by atoms with Crippen molar-refractivity contribution in [1.82, 2.24) is 10.3 Å². The van der Waals surface area contributed by atoms with Crippen LogP contribution >= 0.6 is 0 Å². The minimum Gasteiger partial charge on any atom is -0.478 e. The van der Waals surface area contributed by atoms with Gasteiger partial charge in [0.25, 0.3) is 0 Å². The first-order valence-electron chi connectivity index (χ1n) is 5.96. The largest absolute Gasteiger partial charge is 0.478 e. The van der Waals surface area contributed by atoms with E-state index in [0.29, 0.717) is 5.69 Å². The maximum absolute atomic E-state index is 11.9. The van der Waals surface area contributed by atoms with Crippen molar-refractivity contribution >= 4 is 17.6 Å². The topological polar surface area (TPSA) is 91.3 Å². The summed E-state index contributed by atoms with van der Waals surface area (Å²) in [7, 11) is 0. The Bertz CT molecular complexity index is 480. The molecule has 1 amide bonds. The van der Waals surface area contributed by atoms with Crippen LogP contribution in [-0.2, 0) is 4.79 Å². The molecule has 0 aliphatic rings. The standard InChI is InChI=1S/C13H19N3O3/c1-8(11(17)16-13(2,3)4)15-10-7-14-6-5-9(10)12(18)19/h5-8,15H,1-4H3,(H,16,17)(H,18,19). The minimum atomic E-state index is -1.06. The maximum Gasteiger partial charge on any atom is 0.337 e. The molecule has 0 saturated heterocycles. The summed E-state index contributed by atoms with van der Waals surface area (Å²) in [6.45, 7) is 7.30. The molecule has 0 aromatic carbocycles. The molecule has 1 aromatic heterocycles. The Balaban J connectivity index is 2.80. The molecule has 0 aliphatic heterocycles. The molecule has 104 valence electrons. The van der Waals surface area contributed by atoms with E-state index >= 15 is 0 Å². The van der Waals surface area contributed by atoms with Crippen LogP contribution in [0.2, 0.25) is 0 Å². The first-order valence-corrected chi connectivity index (χ1v) is 5.96. The van der Waals surface area contributed by atoms with Crippen molar-refractivity contribution in [3.05, 3.63) is 24.0 Å². The van der Waals surface area contributed by atoms with Crippen LogP contribution < -0.4 is 10.6 Å². The highest BCUT2D eigenvalue weighted by Gasteiger charge is 2.20. The molecule has 1 atom stereocenters. The van der Waals surface area contributed by atoms with Crippen LogP contribution in [0.15, 0.2) is 18.5 Å². The van der Waals surface area contributed by atoms with Gasteiger partial charge in [-0.3, -0.25) is 9.78 Å². The second-order valence-corrected chi connectivity index (χ2v) is 5.33. The number of aromatic carboxylic acids is 1. The van der Waals surface area contributed by atoms with Crippen molar-refractivity contribution in [3.8, 4) is 0 Å². The van der Waals surface area contributed by atoms with E-state index in [4.69, 9.17) is 5.11 Å². The summed E-state index contributed by atoms with van der Waals surface area (Å²) in [5.74, 6) is -1.26. The molecular formula is C13H19N3O3. The summed E-state index contributed by atoms with van der Waals surface area (Å²) in [4.78, 5) is 26.8. The van der Waals surface area contributed by atoms with Gasteiger partial charge in [0.1, 0.15) is 6.04 Å². The molecule has 0 aliphatic carbocycles.